The zero-order valence-corrected chi connectivity index (χ0v) is 19.2. The van der Waals surface area contributed by atoms with Gasteiger partial charge in [-0.05, 0) is 55.0 Å². The van der Waals surface area contributed by atoms with Gasteiger partial charge < -0.3 is 0 Å². The second kappa shape index (κ2) is 8.17. The average molecular weight is 484 g/mol. The number of anilines is 1. The highest BCUT2D eigenvalue weighted by Crippen LogP contribution is 2.41. The van der Waals surface area contributed by atoms with Crippen molar-refractivity contribution in [2.24, 2.45) is 0 Å². The molecular weight excluding hydrogens is 467 g/mol. The maximum absolute atomic E-state index is 13.1. The number of aryl methyl sites for hydroxylation is 1. The zero-order chi connectivity index (χ0) is 22.4. The molecule has 1 aliphatic rings. The maximum Gasteiger partial charge on any atom is 0.290 e. The Kier molecular flexibility index (Phi) is 5.33. The number of aromatic nitrogens is 2. The molecule has 0 bridgehead atoms. The molecule has 5 rings (SSSR count). The zero-order valence-electron chi connectivity index (χ0n) is 16.9. The van der Waals surface area contributed by atoms with Crippen LogP contribution in [0.15, 0.2) is 60.7 Å². The summed E-state index contributed by atoms with van der Waals surface area (Å²) in [6, 6.07) is 18.5. The van der Waals surface area contributed by atoms with Gasteiger partial charge in [0, 0.05) is 27.6 Å². The summed E-state index contributed by atoms with van der Waals surface area (Å²) in [4.78, 5) is 13.1. The van der Waals surface area contributed by atoms with Crippen molar-refractivity contribution in [1.29, 1.82) is 0 Å². The van der Waals surface area contributed by atoms with E-state index in [1.807, 2.05) is 0 Å². The number of hydrogen-bond acceptors (Lipinski definition) is 3. The number of hydrazine groups is 1. The van der Waals surface area contributed by atoms with Gasteiger partial charge in [-0.25, -0.2) is 4.68 Å². The van der Waals surface area contributed by atoms with Crippen LogP contribution in [-0.4, -0.2) is 15.7 Å². The molecule has 160 valence electrons. The number of carbonyl (C=O) groups is 1. The fraction of sp³-hybridized carbons (Fsp3) is 0.0833. The van der Waals surface area contributed by atoms with Crippen LogP contribution < -0.4 is 10.9 Å². The fourth-order valence-electron chi connectivity index (χ4n) is 3.92. The van der Waals surface area contributed by atoms with Crippen LogP contribution in [0.5, 0.6) is 0 Å². The number of halogens is 3. The molecule has 1 aliphatic carbocycles. The van der Waals surface area contributed by atoms with Crippen molar-refractivity contribution in [3.63, 3.8) is 0 Å². The van der Waals surface area contributed by atoms with E-state index in [4.69, 9.17) is 34.8 Å². The van der Waals surface area contributed by atoms with Crippen molar-refractivity contribution >= 4 is 46.4 Å². The van der Waals surface area contributed by atoms with Gasteiger partial charge in [0.2, 0.25) is 0 Å². The Bertz CT molecular complexity index is 1360. The first-order valence-corrected chi connectivity index (χ1v) is 11.0. The summed E-state index contributed by atoms with van der Waals surface area (Å²) < 4.78 is 1.73. The van der Waals surface area contributed by atoms with Crippen molar-refractivity contribution in [3.8, 4) is 16.9 Å². The minimum atomic E-state index is -0.343. The maximum atomic E-state index is 13.1. The van der Waals surface area contributed by atoms with Crippen molar-refractivity contribution in [1.82, 2.24) is 15.2 Å². The Labute approximate surface area is 199 Å². The highest BCUT2D eigenvalue weighted by atomic mass is 35.5. The molecule has 1 amide bonds. The number of carbonyl (C=O) groups excluding carboxylic acids is 1. The predicted octanol–water partition coefficient (Wildman–Crippen LogP) is 6.47. The Morgan fingerprint density at radius 2 is 1.72 bits per heavy atom. The fourth-order valence-corrected chi connectivity index (χ4v) is 4.53. The normalized spacial score (nSPS) is 11.8. The molecule has 5 nitrogen and oxygen atoms in total. The SMILES string of the molecule is Cc1ccc2c(c1)Cc1c(C(=O)NNc3ccc(Cl)cc3)nn(-c3ccc(Cl)cc3Cl)c1-2. The lowest BCUT2D eigenvalue weighted by Gasteiger charge is -2.10. The number of benzene rings is 3. The van der Waals surface area contributed by atoms with E-state index >= 15 is 0 Å². The summed E-state index contributed by atoms with van der Waals surface area (Å²) in [7, 11) is 0. The molecule has 0 unspecified atom stereocenters. The van der Waals surface area contributed by atoms with Gasteiger partial charge in [-0.1, -0.05) is 58.6 Å². The van der Waals surface area contributed by atoms with E-state index in [9.17, 15) is 4.79 Å². The second-order valence-electron chi connectivity index (χ2n) is 7.61. The summed E-state index contributed by atoms with van der Waals surface area (Å²) in [5.41, 5.74) is 12.4. The van der Waals surface area contributed by atoms with Crippen LogP contribution in [0.4, 0.5) is 5.69 Å². The molecule has 0 fully saturated rings. The summed E-state index contributed by atoms with van der Waals surface area (Å²) in [6.45, 7) is 2.05. The standard InChI is InChI=1S/C24H17Cl3N4O/c1-13-2-8-18-14(10-13)11-19-22(24(32)29-28-17-6-3-15(25)4-7-17)30-31(23(18)19)21-9-5-16(26)12-20(21)27/h2-10,12,28H,11H2,1H3,(H,29,32). The number of fused-ring (bicyclic) bond motifs is 3. The van der Waals surface area contributed by atoms with Crippen LogP contribution in [0.2, 0.25) is 15.1 Å². The molecule has 4 aromatic rings. The van der Waals surface area contributed by atoms with Gasteiger partial charge in [-0.3, -0.25) is 15.6 Å². The Hall–Kier alpha value is -2.99. The molecule has 0 atom stereocenters. The summed E-state index contributed by atoms with van der Waals surface area (Å²) >= 11 is 18.5. The number of nitrogens with zero attached hydrogens (tertiary/aromatic N) is 2. The lowest BCUT2D eigenvalue weighted by Crippen LogP contribution is -2.30. The smallest absolute Gasteiger partial charge is 0.290 e. The quantitative estimate of drug-likeness (QED) is 0.288. The van der Waals surface area contributed by atoms with Gasteiger partial charge in [-0.2, -0.15) is 5.10 Å². The van der Waals surface area contributed by atoms with E-state index < -0.39 is 0 Å². The Morgan fingerprint density at radius 3 is 2.47 bits per heavy atom. The second-order valence-corrected chi connectivity index (χ2v) is 8.89. The molecular formula is C24H17Cl3N4O. The van der Waals surface area contributed by atoms with E-state index in [0.717, 1.165) is 27.9 Å². The van der Waals surface area contributed by atoms with E-state index in [1.54, 1.807) is 47.1 Å². The lowest BCUT2D eigenvalue weighted by atomic mass is 10.1. The average Bonchev–Trinajstić information content (AvgIpc) is 3.30. The van der Waals surface area contributed by atoms with Gasteiger partial charge in [-0.15, -0.1) is 0 Å². The van der Waals surface area contributed by atoms with Gasteiger partial charge in [0.05, 0.1) is 22.1 Å². The third-order valence-corrected chi connectivity index (χ3v) is 6.17. The molecule has 1 aromatic heterocycles. The Morgan fingerprint density at radius 1 is 0.969 bits per heavy atom. The van der Waals surface area contributed by atoms with Gasteiger partial charge in [0.15, 0.2) is 5.69 Å². The highest BCUT2D eigenvalue weighted by molar-refractivity contribution is 6.35. The molecule has 32 heavy (non-hydrogen) atoms. The number of amides is 1. The van der Waals surface area contributed by atoms with Gasteiger partial charge >= 0.3 is 0 Å². The van der Waals surface area contributed by atoms with E-state index in [1.165, 1.54) is 0 Å². The van der Waals surface area contributed by atoms with Crippen LogP contribution in [0, 0.1) is 6.92 Å². The van der Waals surface area contributed by atoms with Crippen molar-refractivity contribution < 1.29 is 4.79 Å². The molecule has 0 saturated heterocycles. The van der Waals surface area contributed by atoms with Gasteiger partial charge in [0.1, 0.15) is 0 Å². The lowest BCUT2D eigenvalue weighted by molar-refractivity contribution is 0.0956. The van der Waals surface area contributed by atoms with E-state index in [0.29, 0.717) is 38.6 Å². The van der Waals surface area contributed by atoms with Crippen LogP contribution in [0.3, 0.4) is 0 Å². The van der Waals surface area contributed by atoms with Crippen LogP contribution in [0.25, 0.3) is 16.9 Å². The predicted molar refractivity (Wildman–Crippen MR) is 129 cm³/mol. The van der Waals surface area contributed by atoms with Crippen molar-refractivity contribution in [2.45, 2.75) is 13.3 Å². The van der Waals surface area contributed by atoms with Crippen molar-refractivity contribution in [2.75, 3.05) is 5.43 Å². The first kappa shape index (κ1) is 20.9. The van der Waals surface area contributed by atoms with E-state index in [2.05, 4.69) is 41.1 Å². The highest BCUT2D eigenvalue weighted by Gasteiger charge is 2.31. The van der Waals surface area contributed by atoms with E-state index in [-0.39, 0.29) is 5.91 Å². The molecule has 0 radical (unpaired) electrons. The molecule has 1 heterocycles. The van der Waals surface area contributed by atoms with Crippen LogP contribution in [0.1, 0.15) is 27.2 Å². The molecule has 2 N–H and O–H groups in total. The first-order valence-electron chi connectivity index (χ1n) is 9.90. The first-order chi connectivity index (χ1) is 15.4. The molecule has 3 aromatic carbocycles. The molecule has 0 spiro atoms. The minimum absolute atomic E-state index is 0.335. The molecule has 0 saturated carbocycles. The minimum Gasteiger partial charge on any atom is -0.298 e. The summed E-state index contributed by atoms with van der Waals surface area (Å²) in [6.07, 6.45) is 0.612. The number of nitrogens with one attached hydrogen (secondary N) is 2. The third-order valence-electron chi connectivity index (χ3n) is 5.38. The Balaban J connectivity index is 1.56. The van der Waals surface area contributed by atoms with Crippen molar-refractivity contribution in [3.05, 3.63) is 98.1 Å². The number of hydrogen-bond donors (Lipinski definition) is 2. The van der Waals surface area contributed by atoms with Gasteiger partial charge in [0.25, 0.3) is 5.91 Å². The monoisotopic (exact) mass is 482 g/mol. The molecule has 8 heteroatoms. The third kappa shape index (κ3) is 3.73. The topological polar surface area (TPSA) is 59.0 Å². The van der Waals surface area contributed by atoms with Crippen LogP contribution in [-0.2, 0) is 6.42 Å². The summed E-state index contributed by atoms with van der Waals surface area (Å²) in [5, 5.41) is 6.26. The largest absolute Gasteiger partial charge is 0.298 e. The number of rotatable bonds is 4. The summed E-state index contributed by atoms with van der Waals surface area (Å²) in [5.74, 6) is -0.343. The van der Waals surface area contributed by atoms with Crippen LogP contribution >= 0.6 is 34.8 Å². The molecule has 0 aliphatic heterocycles.